The van der Waals surface area contributed by atoms with Gasteiger partial charge in [0.15, 0.2) is 5.11 Å². The number of nitrogens with zero attached hydrogens (tertiary/aromatic N) is 1. The molecule has 0 aliphatic carbocycles. The molecule has 1 N–H and O–H groups in total. The normalized spacial score (nSPS) is 26.9. The molecule has 0 bridgehead atoms. The number of hydrogen-bond acceptors (Lipinski definition) is 2. The van der Waals surface area contributed by atoms with Gasteiger partial charge in [-0.15, -0.1) is 0 Å². The van der Waals surface area contributed by atoms with Crippen LogP contribution in [0.25, 0.3) is 0 Å². The summed E-state index contributed by atoms with van der Waals surface area (Å²) in [7, 11) is 1.78. The summed E-state index contributed by atoms with van der Waals surface area (Å²) in [5.41, 5.74) is -0.0407. The molecule has 0 amide bonds. The molecule has 1 saturated heterocycles. The Bertz CT molecular complexity index is 233. The van der Waals surface area contributed by atoms with E-state index in [0.29, 0.717) is 6.04 Å². The highest BCUT2D eigenvalue weighted by atomic mass is 32.1. The summed E-state index contributed by atoms with van der Waals surface area (Å²) in [6, 6.07) is 0.397. The first-order valence-corrected chi connectivity index (χ1v) is 5.98. The van der Waals surface area contributed by atoms with Crippen LogP contribution >= 0.6 is 12.2 Å². The Kier molecular flexibility index (Phi) is 4.34. The van der Waals surface area contributed by atoms with Crippen LogP contribution in [-0.4, -0.2) is 41.9 Å². The number of rotatable bonds is 2. The number of ether oxygens (including phenoxy) is 1. The zero-order valence-corrected chi connectivity index (χ0v) is 11.0. The van der Waals surface area contributed by atoms with Gasteiger partial charge in [-0.05, 0) is 45.8 Å². The third-order valence-corrected chi connectivity index (χ3v) is 3.23. The van der Waals surface area contributed by atoms with Crippen molar-refractivity contribution in [3.63, 3.8) is 0 Å². The minimum absolute atomic E-state index is 0.0407. The van der Waals surface area contributed by atoms with Gasteiger partial charge in [-0.3, -0.25) is 0 Å². The van der Waals surface area contributed by atoms with Crippen LogP contribution in [0.1, 0.15) is 33.6 Å². The molecular weight excluding hydrogens is 208 g/mol. The van der Waals surface area contributed by atoms with Crippen LogP contribution in [0.4, 0.5) is 0 Å². The maximum absolute atomic E-state index is 5.53. The van der Waals surface area contributed by atoms with Gasteiger partial charge in [-0.1, -0.05) is 0 Å². The molecule has 1 aliphatic rings. The lowest BCUT2D eigenvalue weighted by Gasteiger charge is -2.41. The highest BCUT2D eigenvalue weighted by molar-refractivity contribution is 7.80. The molecule has 88 valence electrons. The second kappa shape index (κ2) is 5.12. The molecule has 1 heterocycles. The highest BCUT2D eigenvalue weighted by Crippen LogP contribution is 2.23. The van der Waals surface area contributed by atoms with Crippen molar-refractivity contribution in [2.24, 2.45) is 0 Å². The lowest BCUT2D eigenvalue weighted by Crippen LogP contribution is -2.53. The number of likely N-dealkylation sites (tertiary alicyclic amines) is 1. The molecule has 1 unspecified atom stereocenters. The van der Waals surface area contributed by atoms with Crippen LogP contribution in [0.15, 0.2) is 0 Å². The molecule has 1 rings (SSSR count). The van der Waals surface area contributed by atoms with Gasteiger partial charge < -0.3 is 15.0 Å². The van der Waals surface area contributed by atoms with Crippen molar-refractivity contribution >= 4 is 17.3 Å². The maximum Gasteiger partial charge on any atom is 0.169 e. The SMILES string of the molecule is COC1(C)CCCN(C(=S)NC(C)C)C1. The fourth-order valence-electron chi connectivity index (χ4n) is 1.88. The van der Waals surface area contributed by atoms with E-state index in [1.807, 2.05) is 0 Å². The molecular formula is C11H22N2OS. The maximum atomic E-state index is 5.53. The van der Waals surface area contributed by atoms with Gasteiger partial charge in [0, 0.05) is 26.2 Å². The van der Waals surface area contributed by atoms with Gasteiger partial charge in [0.1, 0.15) is 0 Å². The van der Waals surface area contributed by atoms with Gasteiger partial charge in [0.05, 0.1) is 5.60 Å². The molecule has 0 radical (unpaired) electrons. The fraction of sp³-hybridized carbons (Fsp3) is 0.909. The van der Waals surface area contributed by atoms with E-state index in [-0.39, 0.29) is 5.60 Å². The zero-order chi connectivity index (χ0) is 11.5. The van der Waals surface area contributed by atoms with E-state index in [9.17, 15) is 0 Å². The molecule has 1 aliphatic heterocycles. The van der Waals surface area contributed by atoms with E-state index in [0.717, 1.165) is 31.0 Å². The van der Waals surface area contributed by atoms with Gasteiger partial charge in [0.2, 0.25) is 0 Å². The van der Waals surface area contributed by atoms with E-state index >= 15 is 0 Å². The number of thiocarbonyl (C=S) groups is 1. The van der Waals surface area contributed by atoms with Crippen LogP contribution in [-0.2, 0) is 4.74 Å². The van der Waals surface area contributed by atoms with Crippen molar-refractivity contribution in [1.82, 2.24) is 10.2 Å². The van der Waals surface area contributed by atoms with Crippen LogP contribution in [0.2, 0.25) is 0 Å². The minimum atomic E-state index is -0.0407. The van der Waals surface area contributed by atoms with E-state index in [1.54, 1.807) is 7.11 Å². The van der Waals surface area contributed by atoms with Crippen molar-refractivity contribution < 1.29 is 4.74 Å². The second-order valence-corrected chi connectivity index (χ2v) is 5.17. The molecule has 15 heavy (non-hydrogen) atoms. The van der Waals surface area contributed by atoms with Crippen molar-refractivity contribution in [3.8, 4) is 0 Å². The smallest absolute Gasteiger partial charge is 0.169 e. The largest absolute Gasteiger partial charge is 0.377 e. The number of nitrogens with one attached hydrogen (secondary N) is 1. The molecule has 0 saturated carbocycles. The average molecular weight is 230 g/mol. The predicted octanol–water partition coefficient (Wildman–Crippen LogP) is 1.77. The molecule has 0 aromatic heterocycles. The summed E-state index contributed by atoms with van der Waals surface area (Å²) in [6.45, 7) is 8.29. The zero-order valence-electron chi connectivity index (χ0n) is 10.2. The summed E-state index contributed by atoms with van der Waals surface area (Å²) >= 11 is 5.36. The highest BCUT2D eigenvalue weighted by Gasteiger charge is 2.31. The Balaban J connectivity index is 2.52. The first kappa shape index (κ1) is 12.7. The van der Waals surface area contributed by atoms with Crippen LogP contribution < -0.4 is 5.32 Å². The van der Waals surface area contributed by atoms with Crippen LogP contribution in [0.3, 0.4) is 0 Å². The summed E-state index contributed by atoms with van der Waals surface area (Å²) in [6.07, 6.45) is 2.26. The topological polar surface area (TPSA) is 24.5 Å². The monoisotopic (exact) mass is 230 g/mol. The Morgan fingerprint density at radius 1 is 1.53 bits per heavy atom. The standard InChI is InChI=1S/C11H22N2OS/c1-9(2)12-10(15)13-7-5-6-11(3,8-13)14-4/h9H,5-8H2,1-4H3,(H,12,15). The quantitative estimate of drug-likeness (QED) is 0.731. The van der Waals surface area contributed by atoms with Crippen LogP contribution in [0.5, 0.6) is 0 Å². The van der Waals surface area contributed by atoms with Crippen molar-refractivity contribution in [3.05, 3.63) is 0 Å². The summed E-state index contributed by atoms with van der Waals surface area (Å²) in [4.78, 5) is 2.21. The molecule has 3 nitrogen and oxygen atoms in total. The van der Waals surface area contributed by atoms with Gasteiger partial charge in [-0.25, -0.2) is 0 Å². The van der Waals surface area contributed by atoms with Gasteiger partial charge in [-0.2, -0.15) is 0 Å². The third-order valence-electron chi connectivity index (χ3n) is 2.85. The molecule has 0 aromatic carbocycles. The average Bonchev–Trinajstić information content (AvgIpc) is 2.17. The first-order chi connectivity index (χ1) is 6.97. The summed E-state index contributed by atoms with van der Waals surface area (Å²) in [5.74, 6) is 0. The number of methoxy groups -OCH3 is 1. The van der Waals surface area contributed by atoms with E-state index in [2.05, 4.69) is 31.0 Å². The fourth-order valence-corrected chi connectivity index (χ4v) is 2.28. The minimum Gasteiger partial charge on any atom is -0.377 e. The van der Waals surface area contributed by atoms with Gasteiger partial charge >= 0.3 is 0 Å². The van der Waals surface area contributed by atoms with Crippen molar-refractivity contribution in [1.29, 1.82) is 0 Å². The van der Waals surface area contributed by atoms with Crippen molar-refractivity contribution in [2.75, 3.05) is 20.2 Å². The third kappa shape index (κ3) is 3.61. The molecule has 1 fully saturated rings. The predicted molar refractivity (Wildman–Crippen MR) is 67.1 cm³/mol. The van der Waals surface area contributed by atoms with Crippen molar-refractivity contribution in [2.45, 2.75) is 45.3 Å². The lowest BCUT2D eigenvalue weighted by atomic mass is 9.95. The van der Waals surface area contributed by atoms with E-state index in [1.165, 1.54) is 0 Å². The van der Waals surface area contributed by atoms with Gasteiger partial charge in [0.25, 0.3) is 0 Å². The Labute approximate surface area is 98.2 Å². The molecule has 1 atom stereocenters. The van der Waals surface area contributed by atoms with Crippen LogP contribution in [0, 0.1) is 0 Å². The summed E-state index contributed by atoms with van der Waals surface area (Å²) < 4.78 is 5.53. The van der Waals surface area contributed by atoms with E-state index < -0.39 is 0 Å². The summed E-state index contributed by atoms with van der Waals surface area (Å²) in [5, 5.41) is 4.13. The Morgan fingerprint density at radius 3 is 2.73 bits per heavy atom. The van der Waals surface area contributed by atoms with E-state index in [4.69, 9.17) is 17.0 Å². The number of hydrogen-bond donors (Lipinski definition) is 1. The molecule has 0 spiro atoms. The Morgan fingerprint density at radius 2 is 2.20 bits per heavy atom. The molecule has 4 heteroatoms. The number of piperidine rings is 1. The Hall–Kier alpha value is -0.350. The molecule has 0 aromatic rings. The second-order valence-electron chi connectivity index (χ2n) is 4.78. The lowest BCUT2D eigenvalue weighted by molar-refractivity contribution is -0.0350. The first-order valence-electron chi connectivity index (χ1n) is 5.57.